The second kappa shape index (κ2) is 4.28. The minimum absolute atomic E-state index is 0.872. The molecule has 0 saturated carbocycles. The summed E-state index contributed by atoms with van der Waals surface area (Å²) in [4.78, 5) is 2.39. The van der Waals surface area contributed by atoms with Crippen molar-refractivity contribution < 1.29 is 5.21 Å². The largest absolute Gasteiger partial charge is 0.411 e. The first-order chi connectivity index (χ1) is 4.93. The SMILES string of the molecule is ON=CCCN1CCCC1. The highest BCUT2D eigenvalue weighted by Crippen LogP contribution is 2.06. The molecule has 1 aliphatic heterocycles. The van der Waals surface area contributed by atoms with E-state index in [1.54, 1.807) is 6.21 Å². The van der Waals surface area contributed by atoms with Gasteiger partial charge in [-0.2, -0.15) is 0 Å². The van der Waals surface area contributed by atoms with E-state index in [1.165, 1.54) is 25.9 Å². The minimum Gasteiger partial charge on any atom is -0.411 e. The van der Waals surface area contributed by atoms with Gasteiger partial charge in [0.1, 0.15) is 0 Å². The average molecular weight is 142 g/mol. The molecule has 0 spiro atoms. The van der Waals surface area contributed by atoms with E-state index in [0.717, 1.165) is 13.0 Å². The van der Waals surface area contributed by atoms with Crippen molar-refractivity contribution in [1.82, 2.24) is 4.90 Å². The van der Waals surface area contributed by atoms with Gasteiger partial charge in [0, 0.05) is 12.8 Å². The van der Waals surface area contributed by atoms with E-state index in [0.29, 0.717) is 0 Å². The Balaban J connectivity index is 2.01. The fourth-order valence-corrected chi connectivity index (χ4v) is 1.30. The van der Waals surface area contributed by atoms with Crippen molar-refractivity contribution in [3.63, 3.8) is 0 Å². The Morgan fingerprint density at radius 3 is 2.70 bits per heavy atom. The highest BCUT2D eigenvalue weighted by Gasteiger charge is 2.09. The van der Waals surface area contributed by atoms with Gasteiger partial charge in [-0.1, -0.05) is 0 Å². The molecular formula is C7H14N2O. The summed E-state index contributed by atoms with van der Waals surface area (Å²) in [6, 6.07) is 0. The summed E-state index contributed by atoms with van der Waals surface area (Å²) in [7, 11) is 0. The number of oxime groups is 1. The molecular weight excluding hydrogens is 128 g/mol. The van der Waals surface area contributed by atoms with Crippen LogP contribution in [0.2, 0.25) is 0 Å². The van der Waals surface area contributed by atoms with Gasteiger partial charge in [-0.25, -0.2) is 0 Å². The summed E-state index contributed by atoms with van der Waals surface area (Å²) in [6.07, 6.45) is 5.08. The smallest absolute Gasteiger partial charge is 0.0448 e. The van der Waals surface area contributed by atoms with E-state index in [-0.39, 0.29) is 0 Å². The molecule has 0 aromatic rings. The zero-order valence-corrected chi connectivity index (χ0v) is 6.16. The van der Waals surface area contributed by atoms with E-state index >= 15 is 0 Å². The Labute approximate surface area is 61.3 Å². The monoisotopic (exact) mass is 142 g/mol. The first-order valence-corrected chi connectivity index (χ1v) is 3.82. The molecule has 0 aliphatic carbocycles. The molecule has 1 heterocycles. The van der Waals surface area contributed by atoms with Crippen LogP contribution in [0.15, 0.2) is 5.16 Å². The van der Waals surface area contributed by atoms with Crippen LogP contribution in [0.5, 0.6) is 0 Å². The average Bonchev–Trinajstić information content (AvgIpc) is 2.41. The quantitative estimate of drug-likeness (QED) is 0.361. The molecule has 0 radical (unpaired) electrons. The highest BCUT2D eigenvalue weighted by atomic mass is 16.4. The molecule has 10 heavy (non-hydrogen) atoms. The van der Waals surface area contributed by atoms with Gasteiger partial charge in [0.25, 0.3) is 0 Å². The van der Waals surface area contributed by atoms with E-state index in [9.17, 15) is 0 Å². The van der Waals surface area contributed by atoms with Crippen molar-refractivity contribution in [1.29, 1.82) is 0 Å². The Bertz CT molecular complexity index is 108. The normalized spacial score (nSPS) is 20.8. The third-order valence-corrected chi connectivity index (χ3v) is 1.85. The predicted octanol–water partition coefficient (Wildman–Crippen LogP) is 0.932. The van der Waals surface area contributed by atoms with Crippen LogP contribution in [-0.4, -0.2) is 36.0 Å². The molecule has 0 atom stereocenters. The maximum absolute atomic E-state index is 8.09. The molecule has 0 unspecified atom stereocenters. The molecule has 1 fully saturated rings. The number of rotatable bonds is 3. The minimum atomic E-state index is 0.872. The van der Waals surface area contributed by atoms with Gasteiger partial charge in [0.05, 0.1) is 0 Å². The van der Waals surface area contributed by atoms with Crippen LogP contribution in [0.4, 0.5) is 0 Å². The lowest BCUT2D eigenvalue weighted by atomic mass is 10.4. The van der Waals surface area contributed by atoms with Crippen LogP contribution in [0, 0.1) is 0 Å². The van der Waals surface area contributed by atoms with Crippen molar-refractivity contribution in [3.05, 3.63) is 0 Å². The third-order valence-electron chi connectivity index (χ3n) is 1.85. The molecule has 1 saturated heterocycles. The maximum Gasteiger partial charge on any atom is 0.0448 e. The first kappa shape index (κ1) is 7.54. The number of likely N-dealkylation sites (tertiary alicyclic amines) is 1. The highest BCUT2D eigenvalue weighted by molar-refractivity contribution is 5.56. The van der Waals surface area contributed by atoms with Gasteiger partial charge in [0.15, 0.2) is 0 Å². The fourth-order valence-electron chi connectivity index (χ4n) is 1.30. The molecule has 3 nitrogen and oxygen atoms in total. The van der Waals surface area contributed by atoms with Gasteiger partial charge >= 0.3 is 0 Å². The molecule has 3 heteroatoms. The maximum atomic E-state index is 8.09. The number of hydrogen-bond acceptors (Lipinski definition) is 3. The summed E-state index contributed by atoms with van der Waals surface area (Å²) < 4.78 is 0. The fraction of sp³-hybridized carbons (Fsp3) is 0.857. The zero-order chi connectivity index (χ0) is 7.23. The Morgan fingerprint density at radius 2 is 2.10 bits per heavy atom. The summed E-state index contributed by atoms with van der Waals surface area (Å²) >= 11 is 0. The van der Waals surface area contributed by atoms with E-state index < -0.39 is 0 Å². The lowest BCUT2D eigenvalue weighted by Crippen LogP contribution is -2.20. The number of hydrogen-bond donors (Lipinski definition) is 1. The van der Waals surface area contributed by atoms with E-state index in [4.69, 9.17) is 5.21 Å². The molecule has 0 bridgehead atoms. The summed E-state index contributed by atoms with van der Waals surface area (Å²) in [5.74, 6) is 0. The molecule has 0 amide bonds. The summed E-state index contributed by atoms with van der Waals surface area (Å²) in [6.45, 7) is 3.49. The molecule has 58 valence electrons. The van der Waals surface area contributed by atoms with Crippen molar-refractivity contribution in [2.75, 3.05) is 19.6 Å². The molecule has 0 aromatic heterocycles. The van der Waals surface area contributed by atoms with E-state index in [1.807, 2.05) is 0 Å². The van der Waals surface area contributed by atoms with Gasteiger partial charge in [-0.3, -0.25) is 0 Å². The van der Waals surface area contributed by atoms with Crippen molar-refractivity contribution >= 4 is 6.21 Å². The van der Waals surface area contributed by atoms with Gasteiger partial charge in [-0.15, -0.1) is 5.16 Å². The Kier molecular flexibility index (Phi) is 3.22. The van der Waals surface area contributed by atoms with Gasteiger partial charge in [-0.05, 0) is 32.4 Å². The summed E-state index contributed by atoms with van der Waals surface area (Å²) in [5, 5.41) is 11.0. The van der Waals surface area contributed by atoms with Crippen LogP contribution in [0.3, 0.4) is 0 Å². The van der Waals surface area contributed by atoms with Crippen LogP contribution in [0.25, 0.3) is 0 Å². The van der Waals surface area contributed by atoms with Crippen molar-refractivity contribution in [2.24, 2.45) is 5.16 Å². The van der Waals surface area contributed by atoms with Crippen LogP contribution < -0.4 is 0 Å². The van der Waals surface area contributed by atoms with E-state index in [2.05, 4.69) is 10.1 Å². The first-order valence-electron chi connectivity index (χ1n) is 3.82. The summed E-state index contributed by atoms with van der Waals surface area (Å²) in [5.41, 5.74) is 0. The predicted molar refractivity (Wildman–Crippen MR) is 40.6 cm³/mol. The zero-order valence-electron chi connectivity index (χ0n) is 6.16. The van der Waals surface area contributed by atoms with Gasteiger partial charge < -0.3 is 10.1 Å². The topological polar surface area (TPSA) is 35.8 Å². The molecule has 1 rings (SSSR count). The molecule has 0 aromatic carbocycles. The Hall–Kier alpha value is -0.570. The van der Waals surface area contributed by atoms with Crippen molar-refractivity contribution in [2.45, 2.75) is 19.3 Å². The lowest BCUT2D eigenvalue weighted by Gasteiger charge is -2.11. The number of nitrogens with zero attached hydrogens (tertiary/aromatic N) is 2. The standard InChI is InChI=1S/C7H14N2O/c10-8-4-3-7-9-5-1-2-6-9/h4,10H,1-3,5-7H2. The second-order valence-electron chi connectivity index (χ2n) is 2.64. The van der Waals surface area contributed by atoms with Gasteiger partial charge in [0.2, 0.25) is 0 Å². The van der Waals surface area contributed by atoms with Crippen LogP contribution in [0.1, 0.15) is 19.3 Å². The van der Waals surface area contributed by atoms with Crippen molar-refractivity contribution in [3.8, 4) is 0 Å². The molecule has 1 aliphatic rings. The Morgan fingerprint density at radius 1 is 1.40 bits per heavy atom. The third kappa shape index (κ3) is 2.35. The van der Waals surface area contributed by atoms with Crippen LogP contribution >= 0.6 is 0 Å². The van der Waals surface area contributed by atoms with Crippen LogP contribution in [-0.2, 0) is 0 Å². The second-order valence-corrected chi connectivity index (χ2v) is 2.64. The molecule has 1 N–H and O–H groups in total. The lowest BCUT2D eigenvalue weighted by molar-refractivity contribution is 0.316.